The van der Waals surface area contributed by atoms with Crippen molar-refractivity contribution >= 4 is 20.3 Å². The van der Waals surface area contributed by atoms with Crippen molar-refractivity contribution in [2.45, 2.75) is 84.3 Å². The van der Waals surface area contributed by atoms with Gasteiger partial charge in [0.25, 0.3) is 0 Å². The molecule has 0 bridgehead atoms. The summed E-state index contributed by atoms with van der Waals surface area (Å²) in [5.41, 5.74) is -0.609. The van der Waals surface area contributed by atoms with Crippen LogP contribution in [-0.4, -0.2) is 79.2 Å². The molecule has 1 rings (SSSR count). The molecular formula is C19H38N2O5Si. The van der Waals surface area contributed by atoms with Crippen LogP contribution in [0.1, 0.15) is 48.5 Å². The lowest BCUT2D eigenvalue weighted by atomic mass is 10.1. The summed E-state index contributed by atoms with van der Waals surface area (Å²) in [5.74, 6) is -0.190. The van der Waals surface area contributed by atoms with E-state index < -0.39 is 32.1 Å². The van der Waals surface area contributed by atoms with Crippen LogP contribution < -0.4 is 0 Å². The number of amides is 2. The molecule has 0 aromatic heterocycles. The first-order chi connectivity index (χ1) is 12.1. The molecule has 1 aliphatic heterocycles. The number of aliphatic hydroxyl groups excluding tert-OH is 1. The number of carbonyl (C=O) groups is 2. The zero-order valence-electron chi connectivity index (χ0n) is 18.5. The van der Waals surface area contributed by atoms with E-state index in [4.69, 9.17) is 9.16 Å². The largest absolute Gasteiger partial charge is 0.444 e. The van der Waals surface area contributed by atoms with Crippen LogP contribution in [0.25, 0.3) is 0 Å². The second-order valence-corrected chi connectivity index (χ2v) is 14.6. The van der Waals surface area contributed by atoms with Gasteiger partial charge in [0.2, 0.25) is 5.91 Å². The molecule has 0 saturated carbocycles. The van der Waals surface area contributed by atoms with Crippen molar-refractivity contribution in [2.24, 2.45) is 0 Å². The lowest BCUT2D eigenvalue weighted by molar-refractivity contribution is -0.145. The Morgan fingerprint density at radius 3 is 2.22 bits per heavy atom. The standard InChI is InChI=1S/C19H38N2O5Si/c1-14-16(23)21(11-10-20(14)17(24)26-18(2,3)4)15(12-22)13-25-27(8,9)19(5,6)7/h14-15,22H,10-13H2,1-9H3/t14-,15+/m1/s1. The molecular weight excluding hydrogens is 364 g/mol. The predicted octanol–water partition coefficient (Wildman–Crippen LogP) is 2.84. The van der Waals surface area contributed by atoms with Gasteiger partial charge in [-0.15, -0.1) is 0 Å². The van der Waals surface area contributed by atoms with E-state index >= 15 is 0 Å². The molecule has 2 atom stereocenters. The van der Waals surface area contributed by atoms with Gasteiger partial charge in [-0.1, -0.05) is 20.8 Å². The van der Waals surface area contributed by atoms with Gasteiger partial charge in [0.15, 0.2) is 8.32 Å². The van der Waals surface area contributed by atoms with Crippen molar-refractivity contribution in [1.29, 1.82) is 0 Å². The molecule has 0 unspecified atom stereocenters. The minimum atomic E-state index is -1.98. The highest BCUT2D eigenvalue weighted by Crippen LogP contribution is 2.36. The Bertz CT molecular complexity index is 539. The van der Waals surface area contributed by atoms with Crippen LogP contribution in [0.3, 0.4) is 0 Å². The zero-order valence-corrected chi connectivity index (χ0v) is 19.5. The van der Waals surface area contributed by atoms with Gasteiger partial charge < -0.3 is 19.2 Å². The lowest BCUT2D eigenvalue weighted by Crippen LogP contribution is -2.62. The minimum absolute atomic E-state index is 0.0553. The topological polar surface area (TPSA) is 79.3 Å². The van der Waals surface area contributed by atoms with Crippen molar-refractivity contribution in [2.75, 3.05) is 26.3 Å². The van der Waals surface area contributed by atoms with Gasteiger partial charge in [-0.25, -0.2) is 4.79 Å². The van der Waals surface area contributed by atoms with E-state index in [-0.39, 0.29) is 17.6 Å². The van der Waals surface area contributed by atoms with Gasteiger partial charge in [0, 0.05) is 13.1 Å². The summed E-state index contributed by atoms with van der Waals surface area (Å²) >= 11 is 0. The fourth-order valence-corrected chi connectivity index (χ4v) is 3.63. The van der Waals surface area contributed by atoms with Crippen LogP contribution in [-0.2, 0) is 14.0 Å². The van der Waals surface area contributed by atoms with E-state index in [9.17, 15) is 14.7 Å². The van der Waals surface area contributed by atoms with E-state index in [2.05, 4.69) is 33.9 Å². The monoisotopic (exact) mass is 402 g/mol. The van der Waals surface area contributed by atoms with Gasteiger partial charge in [-0.3, -0.25) is 9.69 Å². The van der Waals surface area contributed by atoms with Gasteiger partial charge in [0.1, 0.15) is 11.6 Å². The van der Waals surface area contributed by atoms with Crippen molar-refractivity contribution in [1.82, 2.24) is 9.80 Å². The summed E-state index contributed by atoms with van der Waals surface area (Å²) in [4.78, 5) is 28.3. The molecule has 1 heterocycles. The van der Waals surface area contributed by atoms with Crippen molar-refractivity contribution in [3.05, 3.63) is 0 Å². The van der Waals surface area contributed by atoms with E-state index in [0.717, 1.165) is 0 Å². The van der Waals surface area contributed by atoms with Crippen LogP contribution in [0.15, 0.2) is 0 Å². The molecule has 27 heavy (non-hydrogen) atoms. The summed E-state index contributed by atoms with van der Waals surface area (Å²) < 4.78 is 11.6. The SMILES string of the molecule is C[C@@H]1C(=O)N([C@@H](CO)CO[Si](C)(C)C(C)(C)C)CCN1C(=O)OC(C)(C)C. The normalized spacial score (nSPS) is 20.7. The number of carbonyl (C=O) groups excluding carboxylic acids is 2. The number of nitrogens with zero attached hydrogens (tertiary/aromatic N) is 2. The van der Waals surface area contributed by atoms with Crippen molar-refractivity contribution in [3.63, 3.8) is 0 Å². The van der Waals surface area contributed by atoms with E-state index in [1.54, 1.807) is 32.6 Å². The van der Waals surface area contributed by atoms with Crippen molar-refractivity contribution in [3.8, 4) is 0 Å². The van der Waals surface area contributed by atoms with Crippen LogP contribution in [0, 0.1) is 0 Å². The molecule has 7 nitrogen and oxygen atoms in total. The average Bonchev–Trinajstić information content (AvgIpc) is 2.48. The van der Waals surface area contributed by atoms with E-state index in [1.165, 1.54) is 4.90 Å². The Balaban J connectivity index is 2.79. The average molecular weight is 403 g/mol. The van der Waals surface area contributed by atoms with Crippen LogP contribution >= 0.6 is 0 Å². The number of hydrogen-bond donors (Lipinski definition) is 1. The molecule has 1 saturated heterocycles. The van der Waals surface area contributed by atoms with Gasteiger partial charge in [0.05, 0.1) is 19.3 Å². The van der Waals surface area contributed by atoms with Crippen molar-refractivity contribution < 1.29 is 23.9 Å². The quantitative estimate of drug-likeness (QED) is 0.715. The lowest BCUT2D eigenvalue weighted by Gasteiger charge is -2.43. The molecule has 0 aromatic rings. The highest BCUT2D eigenvalue weighted by Gasteiger charge is 2.41. The van der Waals surface area contributed by atoms with Gasteiger partial charge in [-0.05, 0) is 45.8 Å². The minimum Gasteiger partial charge on any atom is -0.444 e. The summed E-state index contributed by atoms with van der Waals surface area (Å²) in [5, 5.41) is 9.90. The molecule has 1 aliphatic rings. The van der Waals surface area contributed by atoms with Crippen LogP contribution in [0.2, 0.25) is 18.1 Å². The number of hydrogen-bond acceptors (Lipinski definition) is 5. The third kappa shape index (κ3) is 6.19. The summed E-state index contributed by atoms with van der Waals surface area (Å²) in [7, 11) is -1.98. The van der Waals surface area contributed by atoms with E-state index in [1.807, 2.05) is 0 Å². The second-order valence-electron chi connectivity index (χ2n) is 9.79. The molecule has 0 aliphatic carbocycles. The first-order valence-electron chi connectivity index (χ1n) is 9.65. The van der Waals surface area contributed by atoms with E-state index in [0.29, 0.717) is 19.7 Å². The highest BCUT2D eigenvalue weighted by atomic mass is 28.4. The van der Waals surface area contributed by atoms with Gasteiger partial charge in [-0.2, -0.15) is 0 Å². The van der Waals surface area contributed by atoms with Crippen LogP contribution in [0.5, 0.6) is 0 Å². The molecule has 2 amide bonds. The Morgan fingerprint density at radius 2 is 1.78 bits per heavy atom. The Kier molecular flexibility index (Phi) is 7.52. The molecule has 0 aromatic carbocycles. The Labute approximate surface area is 165 Å². The maximum absolute atomic E-state index is 12.8. The molecule has 8 heteroatoms. The Hall–Kier alpha value is -1.12. The maximum atomic E-state index is 12.8. The smallest absolute Gasteiger partial charge is 0.411 e. The number of piperazine rings is 1. The first kappa shape index (κ1) is 23.9. The molecule has 158 valence electrons. The summed E-state index contributed by atoms with van der Waals surface area (Å²) in [6, 6.07) is -1.04. The van der Waals surface area contributed by atoms with Crippen LogP contribution in [0.4, 0.5) is 4.79 Å². The third-order valence-electron chi connectivity index (χ3n) is 5.41. The second kappa shape index (κ2) is 8.49. The maximum Gasteiger partial charge on any atom is 0.411 e. The molecule has 1 fully saturated rings. The van der Waals surface area contributed by atoms with Gasteiger partial charge >= 0.3 is 6.09 Å². The highest BCUT2D eigenvalue weighted by molar-refractivity contribution is 6.74. The zero-order chi connectivity index (χ0) is 21.2. The fourth-order valence-electron chi connectivity index (χ4n) is 2.59. The molecule has 1 N–H and O–H groups in total. The summed E-state index contributed by atoms with van der Waals surface area (Å²) in [6.45, 7) is 18.7. The predicted molar refractivity (Wildman–Crippen MR) is 108 cm³/mol. The molecule has 0 spiro atoms. The summed E-state index contributed by atoms with van der Waals surface area (Å²) in [6.07, 6.45) is -0.485. The number of aliphatic hydroxyl groups is 1. The first-order valence-corrected chi connectivity index (χ1v) is 12.6. The third-order valence-corrected chi connectivity index (χ3v) is 9.91. The number of rotatable bonds is 5. The molecule has 0 radical (unpaired) electrons. The fraction of sp³-hybridized carbons (Fsp3) is 0.895. The Morgan fingerprint density at radius 1 is 1.22 bits per heavy atom. The number of ether oxygens (including phenoxy) is 1.